The molecule has 1 aromatic rings. The Morgan fingerprint density at radius 3 is 1.16 bits per heavy atom. The Kier molecular flexibility index (Phi) is 8.60. The normalized spacial score (nSPS) is 15.1. The van der Waals surface area contributed by atoms with Crippen LogP contribution in [-0.4, -0.2) is 60.8 Å². The van der Waals surface area contributed by atoms with E-state index in [1.165, 1.54) is 0 Å². The van der Waals surface area contributed by atoms with E-state index in [0.717, 1.165) is 24.3 Å². The molecule has 0 saturated carbocycles. The number of benzene rings is 1. The summed E-state index contributed by atoms with van der Waals surface area (Å²) in [6.07, 6.45) is -10.4. The average molecular weight is 584 g/mol. The van der Waals surface area contributed by atoms with Crippen molar-refractivity contribution in [3.8, 4) is 11.5 Å². The first-order valence-corrected chi connectivity index (χ1v) is 9.33. The summed E-state index contributed by atoms with van der Waals surface area (Å²) in [5, 5.41) is 0. The van der Waals surface area contributed by atoms with Gasteiger partial charge >= 0.3 is 47.6 Å². The lowest BCUT2D eigenvalue weighted by Crippen LogP contribution is -2.74. The second-order valence-electron chi connectivity index (χ2n) is 7.15. The highest BCUT2D eigenvalue weighted by atomic mass is 19.4. The zero-order valence-electron chi connectivity index (χ0n) is 17.7. The molecule has 0 aliphatic rings. The fraction of sp³-hybridized carbons (Fsp3) is 0.667. The molecule has 37 heavy (non-hydrogen) atoms. The predicted molar refractivity (Wildman–Crippen MR) is 88.4 cm³/mol. The summed E-state index contributed by atoms with van der Waals surface area (Å²) in [4.78, 5) is 0. The minimum absolute atomic E-state index is 0.166. The van der Waals surface area contributed by atoms with E-state index < -0.39 is 66.4 Å². The molecule has 216 valence electrons. The van der Waals surface area contributed by atoms with Crippen LogP contribution in [0.5, 0.6) is 11.5 Å². The van der Waals surface area contributed by atoms with Gasteiger partial charge in [-0.3, -0.25) is 0 Å². The van der Waals surface area contributed by atoms with E-state index in [0.29, 0.717) is 0 Å². The highest BCUT2D eigenvalue weighted by Crippen LogP contribution is 2.64. The molecule has 0 aromatic heterocycles. The average Bonchev–Trinajstić information content (AvgIpc) is 2.73. The van der Waals surface area contributed by atoms with Gasteiger partial charge in [-0.1, -0.05) is 0 Å². The van der Waals surface area contributed by atoms with Gasteiger partial charge in [0.15, 0.2) is 0 Å². The van der Waals surface area contributed by atoms with Gasteiger partial charge in [0, 0.05) is 0 Å². The topological polar surface area (TPSA) is 18.5 Å². The zero-order valence-corrected chi connectivity index (χ0v) is 17.7. The Bertz CT molecular complexity index is 906. The van der Waals surface area contributed by atoms with Crippen LogP contribution < -0.4 is 9.47 Å². The maximum atomic E-state index is 13.8. The summed E-state index contributed by atoms with van der Waals surface area (Å²) >= 11 is 0. The standard InChI is InChI=1S/C18H13F17O2/c1-2-36-9-3-5-10(6-4-9)37-8-7-11(19,20)12(21,22)13(23,24)14(25,26)15(27,28)16(29,30)17(31,32)18(33,34)35/h3-6H,2,7-8H2,1H3. The number of halogens is 17. The summed E-state index contributed by atoms with van der Waals surface area (Å²) in [6.45, 7) is 0.0148. The Balaban J connectivity index is 3.26. The molecule has 19 heteroatoms. The number of hydrogen-bond acceptors (Lipinski definition) is 2. The Hall–Kier alpha value is -2.37. The molecule has 0 radical (unpaired) electrons. The highest BCUT2D eigenvalue weighted by Gasteiger charge is 2.95. The number of hydrogen-bond donors (Lipinski definition) is 0. The van der Waals surface area contributed by atoms with Crippen LogP contribution in [-0.2, 0) is 0 Å². The highest BCUT2D eigenvalue weighted by molar-refractivity contribution is 5.31. The van der Waals surface area contributed by atoms with Crippen molar-refractivity contribution in [2.45, 2.75) is 61.0 Å². The van der Waals surface area contributed by atoms with Crippen LogP contribution >= 0.6 is 0 Å². The van der Waals surface area contributed by atoms with E-state index in [-0.39, 0.29) is 12.4 Å². The number of rotatable bonds is 12. The molecule has 1 rings (SSSR count). The first kappa shape index (κ1) is 32.7. The van der Waals surface area contributed by atoms with Crippen molar-refractivity contribution in [1.29, 1.82) is 0 Å². The van der Waals surface area contributed by atoms with Crippen molar-refractivity contribution in [3.63, 3.8) is 0 Å². The van der Waals surface area contributed by atoms with Crippen molar-refractivity contribution < 1.29 is 84.1 Å². The van der Waals surface area contributed by atoms with Crippen LogP contribution in [0.4, 0.5) is 74.6 Å². The SMILES string of the molecule is CCOc1ccc(OCCC(F)(F)C(F)(F)C(F)(F)C(F)(F)C(F)(F)C(F)(F)C(F)(F)C(F)(F)F)cc1. The Morgan fingerprint density at radius 1 is 0.486 bits per heavy atom. The molecule has 0 aliphatic heterocycles. The molecule has 1 aromatic carbocycles. The molecule has 0 saturated heterocycles. The molecule has 0 bridgehead atoms. The minimum atomic E-state index is -8.64. The van der Waals surface area contributed by atoms with Crippen molar-refractivity contribution in [3.05, 3.63) is 24.3 Å². The van der Waals surface area contributed by atoms with Gasteiger partial charge in [-0.15, -0.1) is 0 Å². The van der Waals surface area contributed by atoms with Crippen LogP contribution in [0.1, 0.15) is 13.3 Å². The summed E-state index contributed by atoms with van der Waals surface area (Å²) in [7, 11) is 0. The van der Waals surface area contributed by atoms with Gasteiger partial charge in [-0.25, -0.2) is 0 Å². The monoisotopic (exact) mass is 584 g/mol. The van der Waals surface area contributed by atoms with E-state index in [4.69, 9.17) is 4.74 Å². The minimum Gasteiger partial charge on any atom is -0.494 e. The van der Waals surface area contributed by atoms with Gasteiger partial charge in [-0.05, 0) is 31.2 Å². The summed E-state index contributed by atoms with van der Waals surface area (Å²) in [5.74, 6) is -56.6. The fourth-order valence-corrected chi connectivity index (χ4v) is 2.45. The van der Waals surface area contributed by atoms with Crippen LogP contribution in [0, 0.1) is 0 Å². The van der Waals surface area contributed by atoms with Gasteiger partial charge in [0.2, 0.25) is 0 Å². The first-order chi connectivity index (χ1) is 16.3. The smallest absolute Gasteiger partial charge is 0.460 e. The third kappa shape index (κ3) is 5.18. The molecule has 2 nitrogen and oxygen atoms in total. The van der Waals surface area contributed by atoms with Gasteiger partial charge in [0.25, 0.3) is 0 Å². The van der Waals surface area contributed by atoms with E-state index in [9.17, 15) is 74.6 Å². The molecule has 0 unspecified atom stereocenters. The summed E-state index contributed by atoms with van der Waals surface area (Å²) in [6, 6.07) is 4.21. The zero-order chi connectivity index (χ0) is 29.5. The van der Waals surface area contributed by atoms with Gasteiger partial charge in [-0.2, -0.15) is 74.6 Å². The molecule has 0 aliphatic carbocycles. The molecular weight excluding hydrogens is 571 g/mol. The van der Waals surface area contributed by atoms with Crippen LogP contribution in [0.15, 0.2) is 24.3 Å². The van der Waals surface area contributed by atoms with Crippen molar-refractivity contribution in [1.82, 2.24) is 0 Å². The van der Waals surface area contributed by atoms with Crippen LogP contribution in [0.25, 0.3) is 0 Å². The summed E-state index contributed by atoms with van der Waals surface area (Å²) < 4.78 is 234. The van der Waals surface area contributed by atoms with E-state index in [1.54, 1.807) is 6.92 Å². The second-order valence-corrected chi connectivity index (χ2v) is 7.15. The molecule has 0 N–H and O–H groups in total. The molecule has 0 spiro atoms. The fourth-order valence-electron chi connectivity index (χ4n) is 2.45. The largest absolute Gasteiger partial charge is 0.494 e. The van der Waals surface area contributed by atoms with Crippen molar-refractivity contribution >= 4 is 0 Å². The van der Waals surface area contributed by atoms with Crippen molar-refractivity contribution in [2.24, 2.45) is 0 Å². The molecular formula is C18H13F17O2. The number of ether oxygens (including phenoxy) is 2. The second kappa shape index (κ2) is 9.74. The molecule has 0 amide bonds. The lowest BCUT2D eigenvalue weighted by molar-refractivity contribution is -0.461. The third-order valence-corrected chi connectivity index (χ3v) is 4.61. The maximum Gasteiger partial charge on any atom is 0.460 e. The van der Waals surface area contributed by atoms with E-state index >= 15 is 0 Å². The van der Waals surface area contributed by atoms with Gasteiger partial charge in [0.1, 0.15) is 11.5 Å². The van der Waals surface area contributed by atoms with Crippen LogP contribution in [0.2, 0.25) is 0 Å². The van der Waals surface area contributed by atoms with E-state index in [2.05, 4.69) is 4.74 Å². The molecule has 0 heterocycles. The Morgan fingerprint density at radius 2 is 0.811 bits per heavy atom. The quantitative estimate of drug-likeness (QED) is 0.233. The lowest BCUT2D eigenvalue weighted by atomic mass is 9.88. The first-order valence-electron chi connectivity index (χ1n) is 9.33. The summed E-state index contributed by atoms with van der Waals surface area (Å²) in [5.41, 5.74) is 0. The van der Waals surface area contributed by atoms with Crippen molar-refractivity contribution in [2.75, 3.05) is 13.2 Å². The van der Waals surface area contributed by atoms with Gasteiger partial charge < -0.3 is 9.47 Å². The Labute approximate surface area is 195 Å². The third-order valence-electron chi connectivity index (χ3n) is 4.61. The van der Waals surface area contributed by atoms with Gasteiger partial charge in [0.05, 0.1) is 19.6 Å². The lowest BCUT2D eigenvalue weighted by Gasteiger charge is -2.42. The number of alkyl halides is 17. The van der Waals surface area contributed by atoms with Crippen LogP contribution in [0.3, 0.4) is 0 Å². The predicted octanol–water partition coefficient (Wildman–Crippen LogP) is 7.86. The maximum absolute atomic E-state index is 13.8. The molecule has 0 fully saturated rings. The molecule has 0 atom stereocenters. The van der Waals surface area contributed by atoms with E-state index in [1.807, 2.05) is 0 Å².